The molecule has 0 saturated carbocycles. The van der Waals surface area contributed by atoms with Crippen molar-refractivity contribution in [3.63, 3.8) is 0 Å². The Morgan fingerprint density at radius 1 is 1.36 bits per heavy atom. The molecule has 33 heavy (non-hydrogen) atoms. The van der Waals surface area contributed by atoms with Crippen LogP contribution in [0.25, 0.3) is 0 Å². The SMILES string of the molecule is Nc1nc(C(=NOC2C=CCC2)C(=O)NC2C(=O)N3C=C(C[n+]4ccccc4)CS[C@@H]23)cs1. The lowest BCUT2D eigenvalue weighted by atomic mass is 10.1. The number of pyridine rings is 1. The number of allylic oxidation sites excluding steroid dienone is 1. The van der Waals surface area contributed by atoms with Crippen LogP contribution in [0.5, 0.6) is 0 Å². The highest BCUT2D eigenvalue weighted by Gasteiger charge is 2.50. The molecular weight excluding hydrogens is 460 g/mol. The number of β-lactam (4-membered cyclic amide) rings is 1. The molecule has 5 rings (SSSR count). The molecule has 170 valence electrons. The lowest BCUT2D eigenvalue weighted by Crippen LogP contribution is -2.69. The number of carbonyl (C=O) groups excluding carboxylic acids is 2. The molecule has 2 aliphatic heterocycles. The van der Waals surface area contributed by atoms with E-state index in [0.717, 1.165) is 30.7 Å². The molecule has 2 aromatic heterocycles. The zero-order valence-electron chi connectivity index (χ0n) is 17.7. The minimum atomic E-state index is -0.628. The molecule has 1 aliphatic carbocycles. The quantitative estimate of drug-likeness (QED) is 0.203. The summed E-state index contributed by atoms with van der Waals surface area (Å²) in [6.07, 6.45) is 11.4. The molecular formula is C22H23N6O3S2+. The Morgan fingerprint density at radius 2 is 2.21 bits per heavy atom. The zero-order chi connectivity index (χ0) is 22.8. The Balaban J connectivity index is 1.26. The van der Waals surface area contributed by atoms with Gasteiger partial charge in [-0.1, -0.05) is 17.3 Å². The number of nitrogen functional groups attached to an aromatic ring is 1. The molecule has 11 heteroatoms. The van der Waals surface area contributed by atoms with Gasteiger partial charge >= 0.3 is 0 Å². The van der Waals surface area contributed by atoms with Crippen molar-refractivity contribution in [2.45, 2.75) is 36.9 Å². The minimum absolute atomic E-state index is 0.0204. The number of nitrogens with two attached hydrogens (primary N) is 1. The van der Waals surface area contributed by atoms with Gasteiger partial charge in [-0.3, -0.25) is 9.59 Å². The molecule has 2 unspecified atom stereocenters. The molecule has 3 aliphatic rings. The van der Waals surface area contributed by atoms with Crippen molar-refractivity contribution >= 4 is 45.8 Å². The number of hydrogen-bond donors (Lipinski definition) is 2. The fraction of sp³-hybridized carbons (Fsp3) is 0.318. The van der Waals surface area contributed by atoms with Gasteiger partial charge in [0, 0.05) is 35.0 Å². The average Bonchev–Trinajstić information content (AvgIpc) is 3.50. The van der Waals surface area contributed by atoms with Gasteiger partial charge in [0.25, 0.3) is 11.8 Å². The predicted molar refractivity (Wildman–Crippen MR) is 126 cm³/mol. The minimum Gasteiger partial charge on any atom is -0.388 e. The highest BCUT2D eigenvalue weighted by atomic mass is 32.2. The summed E-state index contributed by atoms with van der Waals surface area (Å²) in [7, 11) is 0. The van der Waals surface area contributed by atoms with Gasteiger partial charge < -0.3 is 20.8 Å². The van der Waals surface area contributed by atoms with Crippen LogP contribution >= 0.6 is 23.1 Å². The first kappa shape index (κ1) is 21.7. The molecule has 0 bridgehead atoms. The fourth-order valence-electron chi connectivity index (χ4n) is 3.84. The van der Waals surface area contributed by atoms with E-state index in [1.807, 2.05) is 48.9 Å². The molecule has 2 amide bonds. The summed E-state index contributed by atoms with van der Waals surface area (Å²) in [6, 6.07) is 5.29. The van der Waals surface area contributed by atoms with E-state index in [-0.39, 0.29) is 23.1 Å². The van der Waals surface area contributed by atoms with Crippen LogP contribution in [0.3, 0.4) is 0 Å². The number of fused-ring (bicyclic) bond motifs is 1. The molecule has 1 saturated heterocycles. The third kappa shape index (κ3) is 4.64. The summed E-state index contributed by atoms with van der Waals surface area (Å²) in [5, 5.41) is 8.74. The van der Waals surface area contributed by atoms with Gasteiger partial charge in [-0.05, 0) is 18.9 Å². The van der Waals surface area contributed by atoms with Gasteiger partial charge in [-0.15, -0.1) is 23.1 Å². The predicted octanol–water partition coefficient (Wildman–Crippen LogP) is 1.44. The van der Waals surface area contributed by atoms with Crippen molar-refractivity contribution in [3.05, 3.63) is 65.6 Å². The van der Waals surface area contributed by atoms with Crippen LogP contribution in [0.15, 0.2) is 65.1 Å². The topological polar surface area (TPSA) is 114 Å². The Hall–Kier alpha value is -3.18. The second-order valence-corrected chi connectivity index (χ2v) is 9.89. The number of nitrogens with zero attached hydrogens (tertiary/aromatic N) is 4. The van der Waals surface area contributed by atoms with E-state index in [2.05, 4.69) is 20.0 Å². The van der Waals surface area contributed by atoms with Crippen molar-refractivity contribution in [3.8, 4) is 0 Å². The summed E-state index contributed by atoms with van der Waals surface area (Å²) >= 11 is 2.85. The van der Waals surface area contributed by atoms with Gasteiger partial charge in [-0.25, -0.2) is 9.55 Å². The number of nitrogens with one attached hydrogen (secondary N) is 1. The average molecular weight is 484 g/mol. The van der Waals surface area contributed by atoms with Gasteiger partial charge in [0.15, 0.2) is 29.8 Å². The number of thioether (sulfide) groups is 1. The maximum atomic E-state index is 13.1. The maximum Gasteiger partial charge on any atom is 0.276 e. The number of carbonyl (C=O) groups is 2. The van der Waals surface area contributed by atoms with Crippen molar-refractivity contribution < 1.29 is 19.0 Å². The zero-order valence-corrected chi connectivity index (χ0v) is 19.3. The Labute approximate surface area is 199 Å². The van der Waals surface area contributed by atoms with E-state index >= 15 is 0 Å². The monoisotopic (exact) mass is 483 g/mol. The standard InChI is InChI=1S/C22H22N6O3S2/c23-22-24-16(13-33-22)17(26-31-15-6-2-3-7-15)19(29)25-18-20(30)28-11-14(12-32-21(18)28)10-27-8-4-1-5-9-27/h1-2,4-6,8-9,11,13,15,18,21H,3,7,10,12H2,(H2-,23,24,25,29)/p+1/t15?,18?,21-/m0/s1. The Morgan fingerprint density at radius 3 is 2.94 bits per heavy atom. The number of hydrogen-bond acceptors (Lipinski definition) is 8. The number of thiazole rings is 1. The van der Waals surface area contributed by atoms with Crippen molar-refractivity contribution in [2.75, 3.05) is 11.5 Å². The lowest BCUT2D eigenvalue weighted by Gasteiger charge is -2.47. The first-order valence-corrected chi connectivity index (χ1v) is 12.5. The summed E-state index contributed by atoms with van der Waals surface area (Å²) in [4.78, 5) is 37.3. The van der Waals surface area contributed by atoms with Crippen LogP contribution in [0.4, 0.5) is 5.13 Å². The smallest absolute Gasteiger partial charge is 0.276 e. The van der Waals surface area contributed by atoms with Crippen LogP contribution in [0.1, 0.15) is 18.5 Å². The van der Waals surface area contributed by atoms with E-state index in [4.69, 9.17) is 10.6 Å². The van der Waals surface area contributed by atoms with Gasteiger partial charge in [-0.2, -0.15) is 0 Å². The summed E-state index contributed by atoms with van der Waals surface area (Å²) in [5.74, 6) is 0.132. The molecule has 0 aromatic carbocycles. The molecule has 1 fully saturated rings. The third-order valence-electron chi connectivity index (χ3n) is 5.52. The first-order valence-electron chi connectivity index (χ1n) is 10.6. The highest BCUT2D eigenvalue weighted by Crippen LogP contribution is 2.36. The van der Waals surface area contributed by atoms with E-state index in [1.54, 1.807) is 22.0 Å². The molecule has 2 aromatic rings. The summed E-state index contributed by atoms with van der Waals surface area (Å²) < 4.78 is 2.07. The summed E-state index contributed by atoms with van der Waals surface area (Å²) in [5.41, 5.74) is 7.24. The van der Waals surface area contributed by atoms with Crippen molar-refractivity contribution in [1.82, 2.24) is 15.2 Å². The van der Waals surface area contributed by atoms with Crippen LogP contribution in [0.2, 0.25) is 0 Å². The van der Waals surface area contributed by atoms with Crippen molar-refractivity contribution in [1.29, 1.82) is 0 Å². The van der Waals surface area contributed by atoms with Crippen LogP contribution in [-0.2, 0) is 21.0 Å². The maximum absolute atomic E-state index is 13.1. The van der Waals surface area contributed by atoms with Gasteiger partial charge in [0.1, 0.15) is 23.2 Å². The number of oxime groups is 1. The number of anilines is 1. The highest BCUT2D eigenvalue weighted by molar-refractivity contribution is 8.00. The third-order valence-corrected chi connectivity index (χ3v) is 7.57. The molecule has 0 radical (unpaired) electrons. The first-order chi connectivity index (χ1) is 16.1. The molecule has 9 nitrogen and oxygen atoms in total. The van der Waals surface area contributed by atoms with Gasteiger partial charge in [0.05, 0.1) is 0 Å². The fourth-order valence-corrected chi connectivity index (χ4v) is 5.64. The number of rotatable bonds is 7. The normalized spacial score (nSPS) is 24.2. The van der Waals surface area contributed by atoms with Gasteiger partial charge in [0.2, 0.25) is 0 Å². The van der Waals surface area contributed by atoms with E-state index < -0.39 is 11.9 Å². The van der Waals surface area contributed by atoms with E-state index in [1.165, 1.54) is 11.3 Å². The van der Waals surface area contributed by atoms with E-state index in [9.17, 15) is 9.59 Å². The Kier molecular flexibility index (Phi) is 6.14. The Bertz CT molecular complexity index is 1150. The number of amides is 2. The van der Waals surface area contributed by atoms with Crippen molar-refractivity contribution in [2.24, 2.45) is 5.16 Å². The molecule has 3 atom stereocenters. The van der Waals surface area contributed by atoms with E-state index in [0.29, 0.717) is 10.8 Å². The van der Waals surface area contributed by atoms with Crippen LogP contribution < -0.4 is 15.6 Å². The molecule has 3 N–H and O–H groups in total. The van der Waals surface area contributed by atoms with Crippen LogP contribution in [-0.4, -0.2) is 50.7 Å². The number of aromatic nitrogens is 2. The van der Waals surface area contributed by atoms with Crippen LogP contribution in [0, 0.1) is 0 Å². The lowest BCUT2D eigenvalue weighted by molar-refractivity contribution is -0.689. The summed E-state index contributed by atoms with van der Waals surface area (Å²) in [6.45, 7) is 0.719. The molecule has 4 heterocycles. The second-order valence-electron chi connectivity index (χ2n) is 7.89. The molecule has 0 spiro atoms. The largest absolute Gasteiger partial charge is 0.388 e. The second kappa shape index (κ2) is 9.36.